The number of nitrogens with one attached hydrogen (secondary N) is 1. The van der Waals surface area contributed by atoms with Crippen LogP contribution in [0.5, 0.6) is 0 Å². The first-order chi connectivity index (χ1) is 6.90. The van der Waals surface area contributed by atoms with E-state index in [0.29, 0.717) is 18.1 Å². The van der Waals surface area contributed by atoms with Crippen molar-refractivity contribution < 1.29 is 0 Å². The summed E-state index contributed by atoms with van der Waals surface area (Å²) in [5.41, 5.74) is 0. The summed E-state index contributed by atoms with van der Waals surface area (Å²) < 4.78 is 0. The summed E-state index contributed by atoms with van der Waals surface area (Å²) in [5.74, 6) is 0.740. The highest BCUT2D eigenvalue weighted by molar-refractivity contribution is 4.80. The van der Waals surface area contributed by atoms with E-state index in [1.54, 1.807) is 0 Å². The fourth-order valence-corrected chi connectivity index (χ4v) is 2.05. The van der Waals surface area contributed by atoms with Gasteiger partial charge in [-0.15, -0.1) is 0 Å². The van der Waals surface area contributed by atoms with E-state index in [1.165, 1.54) is 6.54 Å². The molecular formula is C13H30N2. The zero-order chi connectivity index (χ0) is 12.0. The van der Waals surface area contributed by atoms with Crippen molar-refractivity contribution in [3.8, 4) is 0 Å². The Morgan fingerprint density at radius 2 is 1.53 bits per heavy atom. The molecule has 0 aliphatic carbocycles. The van der Waals surface area contributed by atoms with Crippen LogP contribution in [0.3, 0.4) is 0 Å². The molecule has 0 heterocycles. The molecule has 0 aromatic rings. The van der Waals surface area contributed by atoms with Crippen molar-refractivity contribution in [1.82, 2.24) is 10.2 Å². The highest BCUT2D eigenvalue weighted by atomic mass is 15.2. The molecule has 2 nitrogen and oxygen atoms in total. The second-order valence-corrected chi connectivity index (χ2v) is 5.27. The summed E-state index contributed by atoms with van der Waals surface area (Å²) in [4.78, 5) is 2.60. The molecule has 0 amide bonds. The zero-order valence-corrected chi connectivity index (χ0v) is 11.7. The van der Waals surface area contributed by atoms with Gasteiger partial charge < -0.3 is 5.32 Å². The molecule has 0 aromatic heterocycles. The molecule has 0 aliphatic heterocycles. The van der Waals surface area contributed by atoms with E-state index in [9.17, 15) is 0 Å². The molecule has 0 aliphatic rings. The SMILES string of the molecule is CCNC(C)C(C)N(CC(C)C)C(C)C. The van der Waals surface area contributed by atoms with Crippen LogP contribution in [0, 0.1) is 5.92 Å². The lowest BCUT2D eigenvalue weighted by Crippen LogP contribution is -2.50. The maximum atomic E-state index is 3.51. The van der Waals surface area contributed by atoms with Gasteiger partial charge in [0.05, 0.1) is 0 Å². The molecule has 0 bridgehead atoms. The van der Waals surface area contributed by atoms with Gasteiger partial charge in [0, 0.05) is 24.7 Å². The predicted molar refractivity (Wildman–Crippen MR) is 69.3 cm³/mol. The average Bonchev–Trinajstić information content (AvgIpc) is 2.12. The molecular weight excluding hydrogens is 184 g/mol. The van der Waals surface area contributed by atoms with E-state index < -0.39 is 0 Å². The third kappa shape index (κ3) is 5.53. The van der Waals surface area contributed by atoms with Gasteiger partial charge in [-0.1, -0.05) is 20.8 Å². The van der Waals surface area contributed by atoms with Crippen LogP contribution in [0.15, 0.2) is 0 Å². The minimum atomic E-state index is 0.566. The van der Waals surface area contributed by atoms with Gasteiger partial charge in [-0.2, -0.15) is 0 Å². The van der Waals surface area contributed by atoms with Gasteiger partial charge >= 0.3 is 0 Å². The molecule has 0 saturated carbocycles. The Kier molecular flexibility index (Phi) is 7.20. The highest BCUT2D eigenvalue weighted by Crippen LogP contribution is 2.12. The first-order valence-corrected chi connectivity index (χ1v) is 6.39. The summed E-state index contributed by atoms with van der Waals surface area (Å²) in [6.07, 6.45) is 0. The minimum Gasteiger partial charge on any atom is -0.313 e. The molecule has 1 N–H and O–H groups in total. The fraction of sp³-hybridized carbons (Fsp3) is 1.00. The number of rotatable bonds is 7. The molecule has 0 rings (SSSR count). The molecule has 0 saturated heterocycles. The van der Waals surface area contributed by atoms with Crippen molar-refractivity contribution in [3.05, 3.63) is 0 Å². The molecule has 2 heteroatoms. The Morgan fingerprint density at radius 3 is 1.87 bits per heavy atom. The maximum absolute atomic E-state index is 3.51. The summed E-state index contributed by atoms with van der Waals surface area (Å²) in [7, 11) is 0. The standard InChI is InChI=1S/C13H30N2/c1-8-14-12(6)13(7)15(11(4)5)9-10(2)3/h10-14H,8-9H2,1-7H3. The molecule has 0 aromatic carbocycles. The van der Waals surface area contributed by atoms with Crippen molar-refractivity contribution in [2.45, 2.75) is 66.6 Å². The van der Waals surface area contributed by atoms with Gasteiger partial charge in [0.25, 0.3) is 0 Å². The summed E-state index contributed by atoms with van der Waals surface area (Å²) in [5, 5.41) is 3.51. The first kappa shape index (κ1) is 14.9. The van der Waals surface area contributed by atoms with Crippen LogP contribution in [-0.4, -0.2) is 36.1 Å². The van der Waals surface area contributed by atoms with E-state index in [-0.39, 0.29) is 0 Å². The first-order valence-electron chi connectivity index (χ1n) is 6.39. The molecule has 0 spiro atoms. The Labute approximate surface area is 96.4 Å². The van der Waals surface area contributed by atoms with Crippen molar-refractivity contribution in [3.63, 3.8) is 0 Å². The van der Waals surface area contributed by atoms with Crippen LogP contribution in [0.1, 0.15) is 48.5 Å². The van der Waals surface area contributed by atoms with Gasteiger partial charge in [0.1, 0.15) is 0 Å². The molecule has 2 atom stereocenters. The van der Waals surface area contributed by atoms with E-state index >= 15 is 0 Å². The molecule has 0 fully saturated rings. The minimum absolute atomic E-state index is 0.566. The maximum Gasteiger partial charge on any atom is 0.0221 e. The Morgan fingerprint density at radius 1 is 1.00 bits per heavy atom. The van der Waals surface area contributed by atoms with Gasteiger partial charge in [0.15, 0.2) is 0 Å². The second-order valence-electron chi connectivity index (χ2n) is 5.27. The summed E-state index contributed by atoms with van der Waals surface area (Å²) >= 11 is 0. The van der Waals surface area contributed by atoms with Crippen molar-refractivity contribution in [1.29, 1.82) is 0 Å². The van der Waals surface area contributed by atoms with E-state index in [0.717, 1.165) is 12.5 Å². The van der Waals surface area contributed by atoms with E-state index in [1.807, 2.05) is 0 Å². The Hall–Kier alpha value is -0.0800. The van der Waals surface area contributed by atoms with Crippen LogP contribution < -0.4 is 5.32 Å². The third-order valence-corrected chi connectivity index (χ3v) is 3.01. The van der Waals surface area contributed by atoms with E-state index in [4.69, 9.17) is 0 Å². The van der Waals surface area contributed by atoms with Crippen LogP contribution >= 0.6 is 0 Å². The van der Waals surface area contributed by atoms with Gasteiger partial charge in [-0.05, 0) is 40.2 Å². The van der Waals surface area contributed by atoms with Gasteiger partial charge in [-0.25, -0.2) is 0 Å². The number of hydrogen-bond acceptors (Lipinski definition) is 2. The monoisotopic (exact) mass is 214 g/mol. The lowest BCUT2D eigenvalue weighted by atomic mass is 10.1. The van der Waals surface area contributed by atoms with Crippen LogP contribution in [0.2, 0.25) is 0 Å². The van der Waals surface area contributed by atoms with Crippen LogP contribution in [0.25, 0.3) is 0 Å². The smallest absolute Gasteiger partial charge is 0.0221 e. The normalized spacial score (nSPS) is 16.4. The van der Waals surface area contributed by atoms with Crippen molar-refractivity contribution in [2.75, 3.05) is 13.1 Å². The Bertz CT molecular complexity index is 155. The topological polar surface area (TPSA) is 15.3 Å². The van der Waals surface area contributed by atoms with Crippen LogP contribution in [-0.2, 0) is 0 Å². The predicted octanol–water partition coefficient (Wildman–Crippen LogP) is 2.74. The number of nitrogens with zero attached hydrogens (tertiary/aromatic N) is 1. The second kappa shape index (κ2) is 7.24. The summed E-state index contributed by atoms with van der Waals surface area (Å²) in [6, 6.07) is 1.80. The van der Waals surface area contributed by atoms with Crippen molar-refractivity contribution >= 4 is 0 Å². The fourth-order valence-electron chi connectivity index (χ4n) is 2.05. The van der Waals surface area contributed by atoms with Crippen molar-refractivity contribution in [2.24, 2.45) is 5.92 Å². The zero-order valence-electron chi connectivity index (χ0n) is 11.7. The largest absolute Gasteiger partial charge is 0.313 e. The number of likely N-dealkylation sites (N-methyl/N-ethyl adjacent to an activating group) is 1. The quantitative estimate of drug-likeness (QED) is 0.701. The van der Waals surface area contributed by atoms with E-state index in [2.05, 4.69) is 58.7 Å². The summed E-state index contributed by atoms with van der Waals surface area (Å²) in [6.45, 7) is 18.2. The lowest BCUT2D eigenvalue weighted by Gasteiger charge is -2.37. The van der Waals surface area contributed by atoms with Gasteiger partial charge in [0.2, 0.25) is 0 Å². The number of hydrogen-bond donors (Lipinski definition) is 1. The highest BCUT2D eigenvalue weighted by Gasteiger charge is 2.22. The molecule has 15 heavy (non-hydrogen) atoms. The molecule has 0 radical (unpaired) electrons. The lowest BCUT2D eigenvalue weighted by molar-refractivity contribution is 0.121. The van der Waals surface area contributed by atoms with Gasteiger partial charge in [-0.3, -0.25) is 4.90 Å². The Balaban J connectivity index is 4.33. The molecule has 92 valence electrons. The average molecular weight is 214 g/mol. The molecule has 2 unspecified atom stereocenters. The van der Waals surface area contributed by atoms with Crippen LogP contribution in [0.4, 0.5) is 0 Å². The third-order valence-electron chi connectivity index (χ3n) is 3.01.